The number of para-hydroxylation sites is 4. The Morgan fingerprint density at radius 1 is 1.00 bits per heavy atom. The fraction of sp³-hybridized carbons (Fsp3) is 0.0435. The minimum absolute atomic E-state index is 0.155. The molecule has 1 heterocycles. The van der Waals surface area contributed by atoms with Gasteiger partial charge in [-0.1, -0.05) is 42.5 Å². The van der Waals surface area contributed by atoms with Gasteiger partial charge in [-0.2, -0.15) is 5.10 Å². The number of benzene rings is 3. The highest BCUT2D eigenvalue weighted by Crippen LogP contribution is 2.32. The summed E-state index contributed by atoms with van der Waals surface area (Å²) < 4.78 is 7.05. The van der Waals surface area contributed by atoms with Crippen molar-refractivity contribution in [1.82, 2.24) is 15.2 Å². The number of nitro groups is 1. The highest BCUT2D eigenvalue weighted by atomic mass is 16.6. The lowest BCUT2D eigenvalue weighted by Crippen LogP contribution is -2.29. The van der Waals surface area contributed by atoms with E-state index in [2.05, 4.69) is 16.0 Å². The zero-order valence-corrected chi connectivity index (χ0v) is 17.1. The van der Waals surface area contributed by atoms with E-state index in [9.17, 15) is 14.9 Å². The molecule has 0 unspecified atom stereocenters. The lowest BCUT2D eigenvalue weighted by atomic mass is 10.1. The van der Waals surface area contributed by atoms with E-state index in [4.69, 9.17) is 4.74 Å². The number of hydrazine groups is 1. The summed E-state index contributed by atoms with van der Waals surface area (Å²) in [4.78, 5) is 23.8. The molecule has 9 nitrogen and oxygen atoms in total. The molecule has 4 rings (SSSR count). The van der Waals surface area contributed by atoms with Gasteiger partial charge in [-0.3, -0.25) is 25.8 Å². The maximum Gasteiger partial charge on any atom is 0.294 e. The molecule has 0 bridgehead atoms. The Bertz CT molecular complexity index is 1270. The number of hydrogen-bond acceptors (Lipinski definition) is 6. The Balaban J connectivity index is 1.71. The molecule has 1 aromatic heterocycles. The number of anilines is 1. The van der Waals surface area contributed by atoms with E-state index < -0.39 is 10.8 Å². The number of hydrogen-bond donors (Lipinski definition) is 2. The largest absolute Gasteiger partial charge is 0.496 e. The second-order valence-electron chi connectivity index (χ2n) is 6.73. The first-order valence-electron chi connectivity index (χ1n) is 9.66. The molecule has 2 N–H and O–H groups in total. The third-order valence-electron chi connectivity index (χ3n) is 4.75. The van der Waals surface area contributed by atoms with E-state index in [1.54, 1.807) is 36.2 Å². The minimum Gasteiger partial charge on any atom is -0.496 e. The standard InChI is InChI=1S/C23H19N5O4/c1-32-21-14-8-5-11-17(21)22-18(15-27(26-22)16-9-3-2-4-10-16)23(29)25-24-19-12-6-7-13-20(19)28(30)31/h2-15,24H,1H3,(H,25,29). The van der Waals surface area contributed by atoms with Crippen molar-refractivity contribution in [2.45, 2.75) is 0 Å². The molecule has 4 aromatic rings. The summed E-state index contributed by atoms with van der Waals surface area (Å²) in [7, 11) is 1.54. The number of nitrogens with one attached hydrogen (secondary N) is 2. The summed E-state index contributed by atoms with van der Waals surface area (Å²) in [6.45, 7) is 0. The van der Waals surface area contributed by atoms with Crippen LogP contribution in [-0.4, -0.2) is 27.7 Å². The molecule has 3 aromatic carbocycles. The number of carbonyl (C=O) groups excluding carboxylic acids is 1. The first-order chi connectivity index (χ1) is 15.6. The van der Waals surface area contributed by atoms with Gasteiger partial charge >= 0.3 is 0 Å². The monoisotopic (exact) mass is 429 g/mol. The van der Waals surface area contributed by atoms with Crippen LogP contribution in [0.5, 0.6) is 5.75 Å². The van der Waals surface area contributed by atoms with E-state index in [-0.39, 0.29) is 16.9 Å². The molecule has 0 saturated carbocycles. The van der Waals surface area contributed by atoms with Crippen LogP contribution in [0.1, 0.15) is 10.4 Å². The molecule has 0 spiro atoms. The number of amides is 1. The zero-order valence-electron chi connectivity index (χ0n) is 17.1. The van der Waals surface area contributed by atoms with Crippen LogP contribution in [-0.2, 0) is 0 Å². The van der Waals surface area contributed by atoms with E-state index in [0.717, 1.165) is 5.69 Å². The lowest BCUT2D eigenvalue weighted by Gasteiger charge is -2.10. The van der Waals surface area contributed by atoms with Gasteiger partial charge in [0.25, 0.3) is 11.6 Å². The van der Waals surface area contributed by atoms with E-state index in [0.29, 0.717) is 17.0 Å². The number of methoxy groups -OCH3 is 1. The van der Waals surface area contributed by atoms with Crippen LogP contribution >= 0.6 is 0 Å². The Hall–Kier alpha value is -4.66. The summed E-state index contributed by atoms with van der Waals surface area (Å²) in [5.41, 5.74) is 7.28. The summed E-state index contributed by atoms with van der Waals surface area (Å²) in [5, 5.41) is 15.9. The molecule has 0 fully saturated rings. The molecule has 0 radical (unpaired) electrons. The van der Waals surface area contributed by atoms with E-state index in [1.807, 2.05) is 48.5 Å². The van der Waals surface area contributed by atoms with Gasteiger partial charge in [-0.15, -0.1) is 0 Å². The molecule has 9 heteroatoms. The van der Waals surface area contributed by atoms with Crippen LogP contribution in [0.4, 0.5) is 11.4 Å². The topological polar surface area (TPSA) is 111 Å². The Labute approximate surface area is 183 Å². The number of nitro benzene ring substituents is 1. The van der Waals surface area contributed by atoms with Crippen molar-refractivity contribution in [2.24, 2.45) is 0 Å². The molecule has 0 aliphatic heterocycles. The molecule has 32 heavy (non-hydrogen) atoms. The van der Waals surface area contributed by atoms with Crippen LogP contribution < -0.4 is 15.6 Å². The Morgan fingerprint density at radius 2 is 1.69 bits per heavy atom. The van der Waals surface area contributed by atoms with Crippen molar-refractivity contribution in [2.75, 3.05) is 12.5 Å². The molecular formula is C23H19N5O4. The zero-order chi connectivity index (χ0) is 22.5. The number of rotatable bonds is 7. The first kappa shape index (κ1) is 20.6. The molecule has 160 valence electrons. The third kappa shape index (κ3) is 4.12. The van der Waals surface area contributed by atoms with Crippen LogP contribution in [0.3, 0.4) is 0 Å². The average Bonchev–Trinajstić information content (AvgIpc) is 3.28. The molecule has 0 aliphatic rings. The number of aromatic nitrogens is 2. The SMILES string of the molecule is COc1ccccc1-c1nn(-c2ccccc2)cc1C(=O)NNc1ccccc1[N+](=O)[O-]. The second-order valence-corrected chi connectivity index (χ2v) is 6.73. The normalized spacial score (nSPS) is 10.4. The van der Waals surface area contributed by atoms with Crippen molar-refractivity contribution in [3.05, 3.63) is 101 Å². The maximum atomic E-state index is 13.1. The van der Waals surface area contributed by atoms with Crippen LogP contribution in [0, 0.1) is 10.1 Å². The van der Waals surface area contributed by atoms with E-state index in [1.165, 1.54) is 12.1 Å². The number of carbonyl (C=O) groups is 1. The molecular weight excluding hydrogens is 410 g/mol. The Morgan fingerprint density at radius 3 is 2.44 bits per heavy atom. The average molecular weight is 429 g/mol. The van der Waals surface area contributed by atoms with Gasteiger partial charge in [0.1, 0.15) is 17.1 Å². The molecule has 1 amide bonds. The summed E-state index contributed by atoms with van der Waals surface area (Å²) >= 11 is 0. The molecule has 0 atom stereocenters. The van der Waals surface area contributed by atoms with Gasteiger partial charge in [0.2, 0.25) is 0 Å². The van der Waals surface area contributed by atoms with Crippen LogP contribution in [0.2, 0.25) is 0 Å². The molecule has 0 saturated heterocycles. The van der Waals surface area contributed by atoms with Gasteiger partial charge in [-0.05, 0) is 30.3 Å². The van der Waals surface area contributed by atoms with Gasteiger partial charge in [0.05, 0.1) is 23.3 Å². The summed E-state index contributed by atoms with van der Waals surface area (Å²) in [6.07, 6.45) is 1.60. The van der Waals surface area contributed by atoms with Crippen molar-refractivity contribution in [3.8, 4) is 22.7 Å². The smallest absolute Gasteiger partial charge is 0.294 e. The van der Waals surface area contributed by atoms with Crippen molar-refractivity contribution in [3.63, 3.8) is 0 Å². The van der Waals surface area contributed by atoms with Crippen molar-refractivity contribution >= 4 is 17.3 Å². The van der Waals surface area contributed by atoms with Gasteiger partial charge in [-0.25, -0.2) is 4.68 Å². The van der Waals surface area contributed by atoms with Crippen molar-refractivity contribution in [1.29, 1.82) is 0 Å². The summed E-state index contributed by atoms with van der Waals surface area (Å²) in [6, 6.07) is 22.6. The van der Waals surface area contributed by atoms with Crippen LogP contribution in [0.15, 0.2) is 85.1 Å². The minimum atomic E-state index is -0.526. The highest BCUT2D eigenvalue weighted by Gasteiger charge is 2.22. The number of ether oxygens (including phenoxy) is 1. The Kier molecular flexibility index (Phi) is 5.80. The molecule has 0 aliphatic carbocycles. The predicted octanol–water partition coefficient (Wildman–Crippen LogP) is 4.21. The fourth-order valence-electron chi connectivity index (χ4n) is 3.22. The van der Waals surface area contributed by atoms with Crippen LogP contribution in [0.25, 0.3) is 16.9 Å². The predicted molar refractivity (Wildman–Crippen MR) is 120 cm³/mol. The number of nitrogens with zero attached hydrogens (tertiary/aromatic N) is 3. The highest BCUT2D eigenvalue weighted by molar-refractivity contribution is 6.01. The van der Waals surface area contributed by atoms with Gasteiger partial charge in [0, 0.05) is 17.8 Å². The first-order valence-corrected chi connectivity index (χ1v) is 9.66. The quantitative estimate of drug-likeness (QED) is 0.336. The fourth-order valence-corrected chi connectivity index (χ4v) is 3.22. The van der Waals surface area contributed by atoms with Crippen molar-refractivity contribution < 1.29 is 14.5 Å². The van der Waals surface area contributed by atoms with E-state index >= 15 is 0 Å². The summed E-state index contributed by atoms with van der Waals surface area (Å²) in [5.74, 6) is 0.0535. The second kappa shape index (κ2) is 9.00. The maximum absolute atomic E-state index is 13.1. The van der Waals surface area contributed by atoms with Gasteiger partial charge < -0.3 is 4.74 Å². The third-order valence-corrected chi connectivity index (χ3v) is 4.75. The lowest BCUT2D eigenvalue weighted by molar-refractivity contribution is -0.384. The van der Waals surface area contributed by atoms with Gasteiger partial charge in [0.15, 0.2) is 0 Å².